The fraction of sp³-hybridized carbons (Fsp3) is 0.200. The Labute approximate surface area is 101 Å². The van der Waals surface area contributed by atoms with Crippen LogP contribution >= 0.6 is 0 Å². The second-order valence-electron chi connectivity index (χ2n) is 3.69. The molecule has 2 N–H and O–H groups in total. The Morgan fingerprint density at radius 2 is 1.84 bits per heavy atom. The highest BCUT2D eigenvalue weighted by Crippen LogP contribution is 2.44. The maximum atomic E-state index is 13.1. The number of hydrogen-bond donors (Lipinski definition) is 2. The number of aromatic nitrogens is 2. The molecule has 0 saturated heterocycles. The van der Waals surface area contributed by atoms with Gasteiger partial charge in [-0.25, -0.2) is 9.78 Å². The first-order chi connectivity index (χ1) is 8.63. The monoisotopic (exact) mass is 280 g/mol. The lowest BCUT2D eigenvalue weighted by molar-refractivity contribution is -0.289. The zero-order valence-electron chi connectivity index (χ0n) is 8.92. The van der Waals surface area contributed by atoms with E-state index in [0.29, 0.717) is 12.1 Å². The van der Waals surface area contributed by atoms with Crippen LogP contribution in [0.25, 0.3) is 11.0 Å². The van der Waals surface area contributed by atoms with Gasteiger partial charge < -0.3 is 10.1 Å². The molecule has 0 aliphatic heterocycles. The maximum Gasteiger partial charge on any atom is 0.458 e. The van der Waals surface area contributed by atoms with Crippen LogP contribution in [0.4, 0.5) is 22.0 Å². The van der Waals surface area contributed by atoms with E-state index in [1.165, 1.54) is 0 Å². The molecule has 0 aliphatic carbocycles. The van der Waals surface area contributed by atoms with Crippen LogP contribution < -0.4 is 0 Å². The van der Waals surface area contributed by atoms with Gasteiger partial charge in [0, 0.05) is 5.56 Å². The first kappa shape index (κ1) is 13.2. The van der Waals surface area contributed by atoms with Gasteiger partial charge in [0.25, 0.3) is 0 Å². The molecule has 0 spiro atoms. The zero-order valence-corrected chi connectivity index (χ0v) is 8.92. The molecule has 1 heterocycles. The number of nitrogens with one attached hydrogen (secondary N) is 1. The van der Waals surface area contributed by atoms with Crippen molar-refractivity contribution in [2.24, 2.45) is 0 Å². The molecule has 0 radical (unpaired) electrons. The lowest BCUT2D eigenvalue weighted by Gasteiger charge is -2.19. The molecule has 0 fully saturated rings. The number of carboxylic acids is 1. The van der Waals surface area contributed by atoms with Crippen molar-refractivity contribution in [2.75, 3.05) is 0 Å². The third-order valence-electron chi connectivity index (χ3n) is 2.40. The van der Waals surface area contributed by atoms with Crippen molar-refractivity contribution in [2.45, 2.75) is 12.1 Å². The lowest BCUT2D eigenvalue weighted by Crippen LogP contribution is -2.33. The molecule has 0 atom stereocenters. The summed E-state index contributed by atoms with van der Waals surface area (Å²) in [5, 5.41) is 8.62. The number of carboxylic acid groups (broad SMARTS) is 1. The minimum absolute atomic E-state index is 0.0147. The van der Waals surface area contributed by atoms with Crippen LogP contribution in [0.5, 0.6) is 0 Å². The second-order valence-corrected chi connectivity index (χ2v) is 3.69. The average Bonchev–Trinajstić information content (AvgIpc) is 2.69. The van der Waals surface area contributed by atoms with Gasteiger partial charge in [-0.2, -0.15) is 22.0 Å². The molecule has 0 unspecified atom stereocenters. The molecule has 0 amide bonds. The molecule has 4 nitrogen and oxygen atoms in total. The number of H-pyrrole nitrogens is 1. The SMILES string of the molecule is O=C(O)c1nc2ccc(C(F)(F)C(F)(F)F)cc2[nH]1. The Kier molecular flexibility index (Phi) is 2.72. The van der Waals surface area contributed by atoms with Gasteiger partial charge in [-0.1, -0.05) is 6.07 Å². The smallest absolute Gasteiger partial charge is 0.458 e. The van der Waals surface area contributed by atoms with Gasteiger partial charge in [0.2, 0.25) is 5.82 Å². The summed E-state index contributed by atoms with van der Waals surface area (Å²) in [7, 11) is 0. The van der Waals surface area contributed by atoms with E-state index in [1.807, 2.05) is 0 Å². The molecule has 0 bridgehead atoms. The van der Waals surface area contributed by atoms with Gasteiger partial charge in [0.05, 0.1) is 11.0 Å². The number of nitrogens with zero attached hydrogens (tertiary/aromatic N) is 1. The molecule has 9 heteroatoms. The third-order valence-corrected chi connectivity index (χ3v) is 2.40. The minimum atomic E-state index is -5.73. The number of benzene rings is 1. The van der Waals surface area contributed by atoms with Crippen molar-refractivity contribution in [1.29, 1.82) is 0 Å². The molecule has 2 rings (SSSR count). The Bertz CT molecular complexity index is 647. The van der Waals surface area contributed by atoms with E-state index < -0.39 is 29.5 Å². The number of aromatic amines is 1. The first-order valence-corrected chi connectivity index (χ1v) is 4.81. The van der Waals surface area contributed by atoms with Crippen LogP contribution in [-0.4, -0.2) is 27.2 Å². The van der Waals surface area contributed by atoms with Gasteiger partial charge >= 0.3 is 18.1 Å². The number of imidazole rings is 1. The minimum Gasteiger partial charge on any atom is -0.475 e. The van der Waals surface area contributed by atoms with E-state index in [-0.39, 0.29) is 11.0 Å². The highest BCUT2D eigenvalue weighted by atomic mass is 19.4. The summed E-state index contributed by atoms with van der Waals surface area (Å²) in [4.78, 5) is 16.3. The quantitative estimate of drug-likeness (QED) is 0.831. The number of alkyl halides is 5. The van der Waals surface area contributed by atoms with E-state index >= 15 is 0 Å². The Morgan fingerprint density at radius 1 is 1.21 bits per heavy atom. The zero-order chi connectivity index (χ0) is 14.4. The molecule has 1 aromatic heterocycles. The molecule has 0 saturated carbocycles. The molecule has 1 aromatic carbocycles. The number of fused-ring (bicyclic) bond motifs is 1. The van der Waals surface area contributed by atoms with Crippen molar-refractivity contribution in [3.8, 4) is 0 Å². The van der Waals surface area contributed by atoms with Crippen LogP contribution in [0.15, 0.2) is 18.2 Å². The molecule has 102 valence electrons. The summed E-state index contributed by atoms with van der Waals surface area (Å²) >= 11 is 0. The largest absolute Gasteiger partial charge is 0.475 e. The standard InChI is InChI=1S/C10H5F5N2O2/c11-9(12,10(13,14)15)4-1-2-5-6(3-4)17-7(16-5)8(18)19/h1-3H,(H,16,17)(H,18,19). The van der Waals surface area contributed by atoms with Crippen molar-refractivity contribution >= 4 is 17.0 Å². The number of rotatable bonds is 2. The van der Waals surface area contributed by atoms with E-state index in [2.05, 4.69) is 9.97 Å². The Hall–Kier alpha value is -2.19. The van der Waals surface area contributed by atoms with E-state index in [4.69, 9.17) is 5.11 Å². The van der Waals surface area contributed by atoms with Gasteiger partial charge in [0.15, 0.2) is 0 Å². The predicted molar refractivity (Wildman–Crippen MR) is 53.0 cm³/mol. The second kappa shape index (κ2) is 3.90. The first-order valence-electron chi connectivity index (χ1n) is 4.81. The van der Waals surface area contributed by atoms with Gasteiger partial charge in [0.1, 0.15) is 0 Å². The number of aromatic carboxylic acids is 1. The van der Waals surface area contributed by atoms with Gasteiger partial charge in [-0.15, -0.1) is 0 Å². The summed E-state index contributed by atoms with van der Waals surface area (Å²) in [6.07, 6.45) is -5.73. The van der Waals surface area contributed by atoms with Gasteiger partial charge in [-0.3, -0.25) is 0 Å². The predicted octanol–water partition coefficient (Wildman–Crippen LogP) is 2.92. The van der Waals surface area contributed by atoms with Crippen molar-refractivity contribution in [1.82, 2.24) is 9.97 Å². The Balaban J connectivity index is 2.56. The molecule has 19 heavy (non-hydrogen) atoms. The lowest BCUT2D eigenvalue weighted by atomic mass is 10.1. The fourth-order valence-corrected chi connectivity index (χ4v) is 1.47. The summed E-state index contributed by atoms with van der Waals surface area (Å²) in [6, 6.07) is 1.98. The third kappa shape index (κ3) is 2.11. The van der Waals surface area contributed by atoms with Crippen molar-refractivity contribution < 1.29 is 31.9 Å². The average molecular weight is 280 g/mol. The molecule has 2 aromatic rings. The normalized spacial score (nSPS) is 12.9. The van der Waals surface area contributed by atoms with E-state index in [9.17, 15) is 26.7 Å². The van der Waals surface area contributed by atoms with Gasteiger partial charge in [-0.05, 0) is 12.1 Å². The topological polar surface area (TPSA) is 66.0 Å². The summed E-state index contributed by atoms with van der Waals surface area (Å²) in [5.41, 5.74) is -1.51. The molecular weight excluding hydrogens is 275 g/mol. The van der Waals surface area contributed by atoms with Crippen LogP contribution in [0.1, 0.15) is 16.2 Å². The highest BCUT2D eigenvalue weighted by Gasteiger charge is 2.58. The number of hydrogen-bond acceptors (Lipinski definition) is 2. The number of carbonyl (C=O) groups is 1. The van der Waals surface area contributed by atoms with Crippen molar-refractivity contribution in [3.63, 3.8) is 0 Å². The Morgan fingerprint density at radius 3 is 2.37 bits per heavy atom. The summed E-state index contributed by atoms with van der Waals surface area (Å²) in [6.45, 7) is 0. The van der Waals surface area contributed by atoms with E-state index in [0.717, 1.165) is 6.07 Å². The maximum absolute atomic E-state index is 13.1. The van der Waals surface area contributed by atoms with Crippen LogP contribution in [0.3, 0.4) is 0 Å². The van der Waals surface area contributed by atoms with Crippen LogP contribution in [0, 0.1) is 0 Å². The van der Waals surface area contributed by atoms with E-state index in [1.54, 1.807) is 0 Å². The van der Waals surface area contributed by atoms with Crippen molar-refractivity contribution in [3.05, 3.63) is 29.6 Å². The fourth-order valence-electron chi connectivity index (χ4n) is 1.47. The summed E-state index contributed by atoms with van der Waals surface area (Å²) < 4.78 is 62.7. The molecular formula is C10H5F5N2O2. The molecule has 0 aliphatic rings. The van der Waals surface area contributed by atoms with Crippen LogP contribution in [0.2, 0.25) is 0 Å². The van der Waals surface area contributed by atoms with Crippen LogP contribution in [-0.2, 0) is 5.92 Å². The summed E-state index contributed by atoms with van der Waals surface area (Å²) in [5.74, 6) is -7.00. The highest BCUT2D eigenvalue weighted by molar-refractivity contribution is 5.89. The number of halogens is 5.